The number of rotatable bonds is 6. The van der Waals surface area contributed by atoms with Gasteiger partial charge in [0.2, 0.25) is 0 Å². The molecule has 20 heavy (non-hydrogen) atoms. The molecule has 1 unspecified atom stereocenters. The molecule has 2 nitrogen and oxygen atoms in total. The second kappa shape index (κ2) is 7.20. The van der Waals surface area contributed by atoms with Gasteiger partial charge in [0.1, 0.15) is 0 Å². The second-order valence-electron chi connectivity index (χ2n) is 5.36. The van der Waals surface area contributed by atoms with E-state index in [-0.39, 0.29) is 0 Å². The highest BCUT2D eigenvalue weighted by atomic mass is 14.9. The zero-order valence-electron chi connectivity index (χ0n) is 12.7. The molecular weight excluding hydrogens is 244 g/mol. The lowest BCUT2D eigenvalue weighted by atomic mass is 9.93. The third kappa shape index (κ3) is 3.67. The van der Waals surface area contributed by atoms with Gasteiger partial charge in [-0.3, -0.25) is 4.98 Å². The summed E-state index contributed by atoms with van der Waals surface area (Å²) in [5, 5.41) is 3.67. The topological polar surface area (TPSA) is 24.9 Å². The molecule has 1 aromatic heterocycles. The highest BCUT2D eigenvalue weighted by Gasteiger charge is 2.14. The normalized spacial score (nSPS) is 12.3. The summed E-state index contributed by atoms with van der Waals surface area (Å²) in [7, 11) is 0. The number of pyridine rings is 1. The van der Waals surface area contributed by atoms with Crippen molar-refractivity contribution in [2.24, 2.45) is 0 Å². The van der Waals surface area contributed by atoms with Crippen LogP contribution < -0.4 is 5.32 Å². The molecule has 2 rings (SSSR count). The zero-order valence-corrected chi connectivity index (χ0v) is 12.7. The maximum atomic E-state index is 4.22. The summed E-state index contributed by atoms with van der Waals surface area (Å²) in [4.78, 5) is 4.22. The van der Waals surface area contributed by atoms with E-state index < -0.39 is 0 Å². The first-order valence-electron chi connectivity index (χ1n) is 7.40. The van der Waals surface area contributed by atoms with E-state index in [4.69, 9.17) is 0 Å². The van der Waals surface area contributed by atoms with Gasteiger partial charge in [-0.25, -0.2) is 0 Å². The fourth-order valence-corrected chi connectivity index (χ4v) is 2.52. The minimum absolute atomic E-state index is 0.360. The molecule has 0 radical (unpaired) electrons. The first kappa shape index (κ1) is 14.7. The van der Waals surface area contributed by atoms with Crippen molar-refractivity contribution in [2.45, 2.75) is 39.7 Å². The Bertz CT molecular complexity index is 534. The number of aryl methyl sites for hydroxylation is 1. The maximum absolute atomic E-state index is 4.22. The fourth-order valence-electron chi connectivity index (χ4n) is 2.52. The van der Waals surface area contributed by atoms with E-state index in [0.717, 1.165) is 19.4 Å². The first-order valence-corrected chi connectivity index (χ1v) is 7.40. The molecule has 0 aliphatic heterocycles. The van der Waals surface area contributed by atoms with Crippen molar-refractivity contribution < 1.29 is 0 Å². The molecule has 0 bridgehead atoms. The van der Waals surface area contributed by atoms with Crippen LogP contribution in [-0.4, -0.2) is 11.5 Å². The van der Waals surface area contributed by atoms with Gasteiger partial charge in [0.25, 0.3) is 0 Å². The molecule has 0 amide bonds. The van der Waals surface area contributed by atoms with Crippen molar-refractivity contribution in [1.29, 1.82) is 0 Å². The molecule has 1 N–H and O–H groups in total. The molecule has 0 spiro atoms. The van der Waals surface area contributed by atoms with Crippen LogP contribution in [-0.2, 0) is 6.42 Å². The Kier molecular flexibility index (Phi) is 5.31. The van der Waals surface area contributed by atoms with Crippen molar-refractivity contribution in [3.63, 3.8) is 0 Å². The van der Waals surface area contributed by atoms with Crippen molar-refractivity contribution in [3.8, 4) is 0 Å². The van der Waals surface area contributed by atoms with Crippen LogP contribution in [0.3, 0.4) is 0 Å². The number of nitrogens with zero attached hydrogens (tertiary/aromatic N) is 1. The van der Waals surface area contributed by atoms with Crippen LogP contribution in [0.15, 0.2) is 42.7 Å². The molecule has 0 aliphatic rings. The van der Waals surface area contributed by atoms with Gasteiger partial charge in [-0.2, -0.15) is 0 Å². The first-order chi connectivity index (χ1) is 9.72. The van der Waals surface area contributed by atoms with Gasteiger partial charge in [-0.05, 0) is 61.6 Å². The summed E-state index contributed by atoms with van der Waals surface area (Å²) in [6.07, 6.45) is 5.92. The fraction of sp³-hybridized carbons (Fsp3) is 0.389. The molecule has 106 valence electrons. The number of hydrogen-bond donors (Lipinski definition) is 1. The summed E-state index contributed by atoms with van der Waals surface area (Å²) >= 11 is 0. The van der Waals surface area contributed by atoms with Crippen molar-refractivity contribution in [3.05, 3.63) is 65.0 Å². The molecule has 1 heterocycles. The van der Waals surface area contributed by atoms with E-state index in [1.54, 1.807) is 0 Å². The minimum Gasteiger partial charge on any atom is -0.310 e. The quantitative estimate of drug-likeness (QED) is 0.857. The molecule has 0 saturated carbocycles. The van der Waals surface area contributed by atoms with Gasteiger partial charge in [0.05, 0.1) is 0 Å². The Hall–Kier alpha value is -1.67. The smallest absolute Gasteiger partial charge is 0.0364 e. The lowest BCUT2D eigenvalue weighted by molar-refractivity contribution is 0.526. The Balaban J connectivity index is 2.25. The highest BCUT2D eigenvalue weighted by Crippen LogP contribution is 2.23. The lowest BCUT2D eigenvalue weighted by Gasteiger charge is -2.22. The van der Waals surface area contributed by atoms with Gasteiger partial charge in [-0.1, -0.05) is 31.2 Å². The third-order valence-electron chi connectivity index (χ3n) is 3.83. The predicted octanol–water partition coefficient (Wildman–Crippen LogP) is 3.98. The molecule has 2 heteroatoms. The van der Waals surface area contributed by atoms with E-state index in [1.807, 2.05) is 18.5 Å². The predicted molar refractivity (Wildman–Crippen MR) is 84.9 cm³/mol. The van der Waals surface area contributed by atoms with E-state index in [2.05, 4.69) is 55.3 Å². The van der Waals surface area contributed by atoms with Gasteiger partial charge in [0.15, 0.2) is 0 Å². The van der Waals surface area contributed by atoms with Gasteiger partial charge >= 0.3 is 0 Å². The maximum Gasteiger partial charge on any atom is 0.0364 e. The van der Waals surface area contributed by atoms with Crippen molar-refractivity contribution in [2.75, 3.05) is 6.54 Å². The van der Waals surface area contributed by atoms with Crippen LogP contribution in [0.1, 0.15) is 41.6 Å². The molecule has 2 aromatic rings. The van der Waals surface area contributed by atoms with Crippen molar-refractivity contribution in [1.82, 2.24) is 10.3 Å². The zero-order chi connectivity index (χ0) is 14.4. The van der Waals surface area contributed by atoms with Crippen LogP contribution in [0.4, 0.5) is 0 Å². The number of hydrogen-bond acceptors (Lipinski definition) is 2. The van der Waals surface area contributed by atoms with E-state index >= 15 is 0 Å². The van der Waals surface area contributed by atoms with Crippen molar-refractivity contribution >= 4 is 0 Å². The molecule has 0 saturated heterocycles. The second-order valence-corrected chi connectivity index (χ2v) is 5.36. The summed E-state index contributed by atoms with van der Waals surface area (Å²) in [5.41, 5.74) is 5.44. The Labute approximate surface area is 122 Å². The summed E-state index contributed by atoms with van der Waals surface area (Å²) in [6, 6.07) is 11.1. The summed E-state index contributed by atoms with van der Waals surface area (Å²) in [6.45, 7) is 7.64. The summed E-state index contributed by atoms with van der Waals surface area (Å²) in [5.74, 6) is 0. The largest absolute Gasteiger partial charge is 0.310 e. The molecule has 0 fully saturated rings. The Morgan fingerprint density at radius 1 is 1.15 bits per heavy atom. The standard InChI is InChI=1S/C18H24N2/c1-4-10-20-18(12-16-8-6-11-19-13-16)17-9-5-7-14(2)15(17)3/h5-9,11,13,18,20H,4,10,12H2,1-3H3. The monoisotopic (exact) mass is 268 g/mol. The van der Waals surface area contributed by atoms with E-state index in [0.29, 0.717) is 6.04 Å². The average Bonchev–Trinajstić information content (AvgIpc) is 2.48. The molecule has 1 aromatic carbocycles. The van der Waals surface area contributed by atoms with Crippen LogP contribution in [0.2, 0.25) is 0 Å². The van der Waals surface area contributed by atoms with Gasteiger partial charge in [-0.15, -0.1) is 0 Å². The third-order valence-corrected chi connectivity index (χ3v) is 3.83. The average molecular weight is 268 g/mol. The Morgan fingerprint density at radius 2 is 2.00 bits per heavy atom. The van der Waals surface area contributed by atoms with Crippen LogP contribution >= 0.6 is 0 Å². The molecule has 1 atom stereocenters. The van der Waals surface area contributed by atoms with Gasteiger partial charge in [0, 0.05) is 18.4 Å². The Morgan fingerprint density at radius 3 is 2.70 bits per heavy atom. The summed E-state index contributed by atoms with van der Waals surface area (Å²) < 4.78 is 0. The van der Waals surface area contributed by atoms with E-state index in [1.165, 1.54) is 22.3 Å². The highest BCUT2D eigenvalue weighted by molar-refractivity contribution is 5.36. The minimum atomic E-state index is 0.360. The molecular formula is C18H24N2. The van der Waals surface area contributed by atoms with Crippen LogP contribution in [0.25, 0.3) is 0 Å². The van der Waals surface area contributed by atoms with E-state index in [9.17, 15) is 0 Å². The number of benzene rings is 1. The number of aromatic nitrogens is 1. The molecule has 0 aliphatic carbocycles. The van der Waals surface area contributed by atoms with Crippen LogP contribution in [0, 0.1) is 13.8 Å². The number of nitrogens with one attached hydrogen (secondary N) is 1. The van der Waals surface area contributed by atoms with Crippen LogP contribution in [0.5, 0.6) is 0 Å². The lowest BCUT2D eigenvalue weighted by Crippen LogP contribution is -2.25. The van der Waals surface area contributed by atoms with Gasteiger partial charge < -0.3 is 5.32 Å². The SMILES string of the molecule is CCCNC(Cc1cccnc1)c1cccc(C)c1C.